The number of nitrogens with one attached hydrogen (secondary N) is 3. The number of sulfonamides is 1. The van der Waals surface area contributed by atoms with Gasteiger partial charge in [-0.15, -0.1) is 0 Å². The first-order chi connectivity index (χ1) is 18.9. The number of hydrogen-bond donors (Lipinski definition) is 3. The van der Waals surface area contributed by atoms with E-state index in [4.69, 9.17) is 14.7 Å². The van der Waals surface area contributed by atoms with Crippen LogP contribution in [-0.4, -0.2) is 38.6 Å². The van der Waals surface area contributed by atoms with Gasteiger partial charge in [0.1, 0.15) is 11.6 Å². The number of fused-ring (bicyclic) bond motifs is 1. The Morgan fingerprint density at radius 2 is 1.59 bits per heavy atom. The molecule has 1 heterocycles. The van der Waals surface area contributed by atoms with Crippen molar-refractivity contribution in [1.82, 2.24) is 14.7 Å². The maximum Gasteiger partial charge on any atom is 0.240 e. The summed E-state index contributed by atoms with van der Waals surface area (Å²) in [6.07, 6.45) is 4.05. The fourth-order valence-corrected chi connectivity index (χ4v) is 6.11. The van der Waals surface area contributed by atoms with Gasteiger partial charge in [-0.05, 0) is 80.8 Å². The molecule has 0 spiro atoms. The molecule has 3 aromatic carbocycles. The van der Waals surface area contributed by atoms with Crippen molar-refractivity contribution in [3.8, 4) is 5.75 Å². The number of anilines is 3. The average Bonchev–Trinajstić information content (AvgIpc) is 2.96. The number of aryl methyl sites for hydroxylation is 1. The predicted molar refractivity (Wildman–Crippen MR) is 156 cm³/mol. The first-order valence-corrected chi connectivity index (χ1v) is 14.9. The van der Waals surface area contributed by atoms with Crippen LogP contribution in [-0.2, 0) is 10.0 Å². The number of para-hydroxylation sites is 1. The van der Waals surface area contributed by atoms with Gasteiger partial charge in [-0.3, -0.25) is 0 Å². The minimum absolute atomic E-state index is 0.321. The molecule has 0 amide bonds. The minimum atomic E-state index is -3.48. The van der Waals surface area contributed by atoms with Crippen molar-refractivity contribution in [2.75, 3.05) is 30.8 Å². The van der Waals surface area contributed by atoms with Crippen LogP contribution in [0.3, 0.4) is 0 Å². The van der Waals surface area contributed by atoms with E-state index in [1.165, 1.54) is 0 Å². The minimum Gasteiger partial charge on any atom is -0.497 e. The summed E-state index contributed by atoms with van der Waals surface area (Å²) in [5, 5.41) is 7.82. The van der Waals surface area contributed by atoms with Crippen LogP contribution in [0.5, 0.6) is 5.75 Å². The van der Waals surface area contributed by atoms with Crippen molar-refractivity contribution in [3.63, 3.8) is 0 Å². The molecular formula is C30H35N5O3S. The van der Waals surface area contributed by atoms with Crippen molar-refractivity contribution in [3.05, 3.63) is 78.4 Å². The van der Waals surface area contributed by atoms with Crippen molar-refractivity contribution < 1.29 is 13.2 Å². The number of nitrogens with zero attached hydrogens (tertiary/aromatic N) is 2. The zero-order chi connectivity index (χ0) is 27.2. The number of rotatable bonds is 10. The molecule has 5 rings (SSSR count). The molecule has 0 saturated heterocycles. The van der Waals surface area contributed by atoms with Crippen LogP contribution in [0.2, 0.25) is 0 Å². The van der Waals surface area contributed by atoms with Gasteiger partial charge in [0.25, 0.3) is 0 Å². The number of hydrogen-bond acceptors (Lipinski definition) is 7. The van der Waals surface area contributed by atoms with E-state index in [1.54, 1.807) is 19.2 Å². The maximum absolute atomic E-state index is 12.6. The molecular weight excluding hydrogens is 510 g/mol. The van der Waals surface area contributed by atoms with Crippen molar-refractivity contribution in [1.29, 1.82) is 0 Å². The molecule has 0 radical (unpaired) electrons. The first-order valence-electron chi connectivity index (χ1n) is 13.4. The predicted octanol–water partition coefficient (Wildman–Crippen LogP) is 5.89. The van der Waals surface area contributed by atoms with Crippen LogP contribution in [0.25, 0.3) is 10.9 Å². The van der Waals surface area contributed by atoms with E-state index in [9.17, 15) is 8.42 Å². The molecule has 3 N–H and O–H groups in total. The molecule has 1 aliphatic carbocycles. The van der Waals surface area contributed by atoms with Crippen molar-refractivity contribution in [2.45, 2.75) is 37.5 Å². The second-order valence-electron chi connectivity index (χ2n) is 10.2. The van der Waals surface area contributed by atoms with Crippen molar-refractivity contribution in [2.24, 2.45) is 11.8 Å². The number of aromatic nitrogens is 2. The Morgan fingerprint density at radius 3 is 2.33 bits per heavy atom. The lowest BCUT2D eigenvalue weighted by atomic mass is 9.82. The van der Waals surface area contributed by atoms with Gasteiger partial charge < -0.3 is 15.4 Å². The molecule has 4 aromatic rings. The summed E-state index contributed by atoms with van der Waals surface area (Å²) in [6, 6.07) is 22.7. The Balaban J connectivity index is 1.17. The number of benzene rings is 3. The highest BCUT2D eigenvalue weighted by molar-refractivity contribution is 7.89. The molecule has 1 aliphatic rings. The first kappa shape index (κ1) is 26.9. The fourth-order valence-electron chi connectivity index (χ4n) is 4.99. The van der Waals surface area contributed by atoms with Gasteiger partial charge in [-0.25, -0.2) is 18.1 Å². The Hall–Kier alpha value is -3.69. The van der Waals surface area contributed by atoms with E-state index in [2.05, 4.69) is 15.4 Å². The van der Waals surface area contributed by atoms with Gasteiger partial charge in [0, 0.05) is 30.2 Å². The molecule has 1 aromatic heterocycles. The Labute approximate surface area is 230 Å². The zero-order valence-electron chi connectivity index (χ0n) is 22.4. The monoisotopic (exact) mass is 545 g/mol. The SMILES string of the molecule is COc1cccc(Nc2nc(NCC3CCC(CNS(=O)(=O)c4ccc(C)cc4)CC3)nc3ccccc23)c1. The van der Waals surface area contributed by atoms with Gasteiger partial charge in [-0.1, -0.05) is 35.9 Å². The smallest absolute Gasteiger partial charge is 0.240 e. The Morgan fingerprint density at radius 1 is 0.872 bits per heavy atom. The molecule has 8 nitrogen and oxygen atoms in total. The normalized spacial score (nSPS) is 17.6. The lowest BCUT2D eigenvalue weighted by molar-refractivity contribution is 0.284. The third-order valence-electron chi connectivity index (χ3n) is 7.34. The largest absolute Gasteiger partial charge is 0.497 e. The molecule has 0 aliphatic heterocycles. The van der Waals surface area contributed by atoms with Gasteiger partial charge >= 0.3 is 0 Å². The molecule has 0 bridgehead atoms. The maximum atomic E-state index is 12.6. The second kappa shape index (κ2) is 12.0. The molecule has 0 atom stereocenters. The molecule has 1 saturated carbocycles. The highest BCUT2D eigenvalue weighted by atomic mass is 32.2. The lowest BCUT2D eigenvalue weighted by Crippen LogP contribution is -2.32. The van der Waals surface area contributed by atoms with E-state index >= 15 is 0 Å². The van der Waals surface area contributed by atoms with Crippen LogP contribution in [0.1, 0.15) is 31.2 Å². The molecule has 204 valence electrons. The van der Waals surface area contributed by atoms with Gasteiger partial charge in [0.15, 0.2) is 0 Å². The van der Waals surface area contributed by atoms with Crippen LogP contribution in [0, 0.1) is 18.8 Å². The Bertz CT molecular complexity index is 1520. The second-order valence-corrected chi connectivity index (χ2v) is 12.0. The van der Waals surface area contributed by atoms with Crippen LogP contribution >= 0.6 is 0 Å². The summed E-state index contributed by atoms with van der Waals surface area (Å²) in [6.45, 7) is 3.20. The zero-order valence-corrected chi connectivity index (χ0v) is 23.2. The summed E-state index contributed by atoms with van der Waals surface area (Å²) in [5.74, 6) is 2.93. The lowest BCUT2D eigenvalue weighted by Gasteiger charge is -2.28. The van der Waals surface area contributed by atoms with Crippen LogP contribution in [0.15, 0.2) is 77.7 Å². The highest BCUT2D eigenvalue weighted by Gasteiger charge is 2.23. The van der Waals surface area contributed by atoms with E-state index in [-0.39, 0.29) is 0 Å². The van der Waals surface area contributed by atoms with E-state index < -0.39 is 10.0 Å². The molecule has 1 fully saturated rings. The van der Waals surface area contributed by atoms with E-state index in [1.807, 2.05) is 67.6 Å². The van der Waals surface area contributed by atoms with Crippen LogP contribution in [0.4, 0.5) is 17.5 Å². The Kier molecular flexibility index (Phi) is 8.28. The third kappa shape index (κ3) is 6.85. The fraction of sp³-hybridized carbons (Fsp3) is 0.333. The summed E-state index contributed by atoms with van der Waals surface area (Å²) in [4.78, 5) is 9.85. The average molecular weight is 546 g/mol. The van der Waals surface area contributed by atoms with E-state index in [0.717, 1.165) is 65.9 Å². The number of methoxy groups -OCH3 is 1. The summed E-state index contributed by atoms with van der Waals surface area (Å²) >= 11 is 0. The van der Waals surface area contributed by atoms with Gasteiger partial charge in [0.2, 0.25) is 16.0 Å². The summed E-state index contributed by atoms with van der Waals surface area (Å²) < 4.78 is 33.4. The molecule has 9 heteroatoms. The van der Waals surface area contributed by atoms with Gasteiger partial charge in [0.05, 0.1) is 17.5 Å². The molecule has 39 heavy (non-hydrogen) atoms. The quantitative estimate of drug-likeness (QED) is 0.228. The molecule has 0 unspecified atom stereocenters. The summed E-state index contributed by atoms with van der Waals surface area (Å²) in [5.41, 5.74) is 2.80. The highest BCUT2D eigenvalue weighted by Crippen LogP contribution is 2.30. The standard InChI is InChI=1S/C30H35N5O3S/c1-21-10-16-26(17-11-21)39(36,37)32-20-23-14-12-22(13-15-23)19-31-30-34-28-9-4-3-8-27(28)29(35-30)33-24-6-5-7-25(18-24)38-2/h3-11,16-18,22-23,32H,12-15,19-20H2,1-2H3,(H2,31,33,34,35). The topological polar surface area (TPSA) is 105 Å². The van der Waals surface area contributed by atoms with Crippen LogP contribution < -0.4 is 20.1 Å². The third-order valence-corrected chi connectivity index (χ3v) is 8.78. The van der Waals surface area contributed by atoms with Crippen molar-refractivity contribution >= 4 is 38.4 Å². The van der Waals surface area contributed by atoms with E-state index in [0.29, 0.717) is 29.2 Å². The van der Waals surface area contributed by atoms with Gasteiger partial charge in [-0.2, -0.15) is 4.98 Å². The number of ether oxygens (including phenoxy) is 1. The summed E-state index contributed by atoms with van der Waals surface area (Å²) in [7, 11) is -1.83.